The maximum absolute atomic E-state index is 12.9. The molecule has 0 spiro atoms. The van der Waals surface area contributed by atoms with Crippen molar-refractivity contribution in [2.24, 2.45) is 11.3 Å². The van der Waals surface area contributed by atoms with Crippen molar-refractivity contribution in [2.45, 2.75) is 40.0 Å². The molecule has 2 unspecified atom stereocenters. The van der Waals surface area contributed by atoms with Crippen LogP contribution in [0.5, 0.6) is 0 Å². The predicted molar refractivity (Wildman–Crippen MR) is 73.0 cm³/mol. The molecule has 0 heterocycles. The maximum Gasteiger partial charge on any atom is 0.154 e. The largest absolute Gasteiger partial charge is 0.298 e. The van der Waals surface area contributed by atoms with E-state index in [0.717, 1.165) is 0 Å². The second-order valence-corrected chi connectivity index (χ2v) is 6.05. The summed E-state index contributed by atoms with van der Waals surface area (Å²) in [5.41, 5.74) is 0.591. The third kappa shape index (κ3) is 4.17. The Kier molecular flexibility index (Phi) is 4.83. The summed E-state index contributed by atoms with van der Waals surface area (Å²) in [7, 11) is 0. The topological polar surface area (TPSA) is 40.9 Å². The number of halogens is 1. The molecule has 1 aromatic carbocycles. The van der Waals surface area contributed by atoms with Crippen molar-refractivity contribution in [3.63, 3.8) is 0 Å². The van der Waals surface area contributed by atoms with Gasteiger partial charge in [0.15, 0.2) is 5.78 Å². The zero-order chi connectivity index (χ0) is 14.6. The lowest BCUT2D eigenvalue weighted by Crippen LogP contribution is -2.23. The first-order chi connectivity index (χ1) is 8.75. The van der Waals surface area contributed by atoms with Crippen LogP contribution in [0.25, 0.3) is 0 Å². The van der Waals surface area contributed by atoms with Gasteiger partial charge in [-0.15, -0.1) is 0 Å². The average molecular weight is 261 g/mol. The molecule has 0 aliphatic rings. The van der Waals surface area contributed by atoms with E-state index < -0.39 is 5.92 Å². The van der Waals surface area contributed by atoms with E-state index in [1.807, 2.05) is 13.0 Å². The molecule has 0 aliphatic carbocycles. The van der Waals surface area contributed by atoms with Crippen molar-refractivity contribution in [3.05, 3.63) is 35.6 Å². The van der Waals surface area contributed by atoms with Gasteiger partial charge in [-0.05, 0) is 29.0 Å². The zero-order valence-corrected chi connectivity index (χ0v) is 11.9. The molecule has 0 saturated carbocycles. The summed E-state index contributed by atoms with van der Waals surface area (Å²) in [6.45, 7) is 8.23. The molecular weight excluding hydrogens is 241 g/mol. The van der Waals surface area contributed by atoms with Crippen LogP contribution in [-0.4, -0.2) is 5.78 Å². The molecule has 1 rings (SSSR count). The van der Waals surface area contributed by atoms with Crippen LogP contribution >= 0.6 is 0 Å². The van der Waals surface area contributed by atoms with Crippen molar-refractivity contribution < 1.29 is 9.18 Å². The number of benzene rings is 1. The van der Waals surface area contributed by atoms with E-state index in [-0.39, 0.29) is 22.9 Å². The number of hydrogen-bond donors (Lipinski definition) is 0. The number of hydrogen-bond acceptors (Lipinski definition) is 2. The van der Waals surface area contributed by atoms with Gasteiger partial charge in [0.25, 0.3) is 0 Å². The minimum atomic E-state index is -0.801. The molecule has 0 amide bonds. The maximum atomic E-state index is 12.9. The molecule has 19 heavy (non-hydrogen) atoms. The van der Waals surface area contributed by atoms with E-state index in [1.165, 1.54) is 24.3 Å². The van der Waals surface area contributed by atoms with Gasteiger partial charge < -0.3 is 0 Å². The summed E-state index contributed by atoms with van der Waals surface area (Å²) in [6, 6.07) is 7.58. The number of nitriles is 1. The molecule has 0 saturated heterocycles. The number of Topliss-reactive ketones (excluding diaryl/α,β-unsaturated/α-hetero) is 1. The van der Waals surface area contributed by atoms with Gasteiger partial charge in [-0.2, -0.15) is 5.26 Å². The molecule has 0 bridgehead atoms. The second-order valence-electron chi connectivity index (χ2n) is 6.05. The van der Waals surface area contributed by atoms with Gasteiger partial charge in [0.2, 0.25) is 0 Å². The predicted octanol–water partition coefficient (Wildman–Crippen LogP) is 4.07. The Hall–Kier alpha value is -1.69. The van der Waals surface area contributed by atoms with Crippen LogP contribution in [0.1, 0.15) is 45.6 Å². The highest BCUT2D eigenvalue weighted by atomic mass is 19.1. The minimum absolute atomic E-state index is 0.0263. The molecule has 0 radical (unpaired) electrons. The van der Waals surface area contributed by atoms with Crippen LogP contribution in [0.15, 0.2) is 24.3 Å². The Balaban J connectivity index is 2.84. The van der Waals surface area contributed by atoms with Crippen LogP contribution in [0.3, 0.4) is 0 Å². The highest BCUT2D eigenvalue weighted by molar-refractivity contribution is 5.88. The van der Waals surface area contributed by atoms with Gasteiger partial charge in [-0.25, -0.2) is 4.39 Å². The second kappa shape index (κ2) is 5.97. The molecule has 1 aromatic rings. The summed E-state index contributed by atoms with van der Waals surface area (Å²) in [5, 5.41) is 9.17. The number of rotatable bonds is 4. The summed E-state index contributed by atoms with van der Waals surface area (Å²) in [6.07, 6.45) is 0.360. The molecular formula is C16H20FNO. The normalized spacial score (nSPS) is 14.5. The molecule has 2 atom stereocenters. The molecule has 0 fully saturated rings. The quantitative estimate of drug-likeness (QED) is 0.819. The van der Waals surface area contributed by atoms with Gasteiger partial charge in [-0.3, -0.25) is 4.79 Å². The Bertz CT molecular complexity index is 479. The Labute approximate surface area is 114 Å². The van der Waals surface area contributed by atoms with Gasteiger partial charge in [0.1, 0.15) is 11.7 Å². The lowest BCUT2D eigenvalue weighted by molar-refractivity contribution is -0.120. The lowest BCUT2D eigenvalue weighted by atomic mass is 9.77. The first-order valence-electron chi connectivity index (χ1n) is 6.43. The minimum Gasteiger partial charge on any atom is -0.298 e. The average Bonchev–Trinajstić information content (AvgIpc) is 2.31. The first-order valence-corrected chi connectivity index (χ1v) is 6.43. The van der Waals surface area contributed by atoms with Crippen molar-refractivity contribution >= 4 is 5.78 Å². The van der Waals surface area contributed by atoms with E-state index in [4.69, 9.17) is 0 Å². The molecule has 102 valence electrons. The third-order valence-electron chi connectivity index (χ3n) is 3.64. The molecule has 2 nitrogen and oxygen atoms in total. The SMILES string of the molecule is CC(CC(=O)C(C#N)c1ccc(F)cc1)C(C)(C)C. The highest BCUT2D eigenvalue weighted by Gasteiger charge is 2.27. The van der Waals surface area contributed by atoms with Crippen LogP contribution in [0.2, 0.25) is 0 Å². The number of nitrogens with zero attached hydrogens (tertiary/aromatic N) is 1. The van der Waals surface area contributed by atoms with Crippen molar-refractivity contribution in [1.29, 1.82) is 5.26 Å². The number of carbonyl (C=O) groups excluding carboxylic acids is 1. The Morgan fingerprint density at radius 2 is 1.84 bits per heavy atom. The van der Waals surface area contributed by atoms with E-state index in [1.54, 1.807) is 0 Å². The molecule has 0 aromatic heterocycles. The van der Waals surface area contributed by atoms with Crippen molar-refractivity contribution in [3.8, 4) is 6.07 Å². The highest BCUT2D eigenvalue weighted by Crippen LogP contribution is 2.30. The molecule has 0 aliphatic heterocycles. The van der Waals surface area contributed by atoms with E-state index >= 15 is 0 Å². The number of ketones is 1. The van der Waals surface area contributed by atoms with Gasteiger partial charge in [-0.1, -0.05) is 39.8 Å². The van der Waals surface area contributed by atoms with Crippen LogP contribution in [0, 0.1) is 28.5 Å². The smallest absolute Gasteiger partial charge is 0.154 e. The fourth-order valence-electron chi connectivity index (χ4n) is 1.71. The van der Waals surface area contributed by atoms with Crippen LogP contribution < -0.4 is 0 Å². The summed E-state index contributed by atoms with van der Waals surface area (Å²) in [4.78, 5) is 12.2. The fourth-order valence-corrected chi connectivity index (χ4v) is 1.71. The Morgan fingerprint density at radius 1 is 1.32 bits per heavy atom. The zero-order valence-electron chi connectivity index (χ0n) is 11.9. The van der Waals surface area contributed by atoms with Crippen LogP contribution in [0.4, 0.5) is 4.39 Å². The summed E-state index contributed by atoms with van der Waals surface area (Å²) in [5.74, 6) is -1.07. The monoisotopic (exact) mass is 261 g/mol. The van der Waals surface area contributed by atoms with Gasteiger partial charge in [0, 0.05) is 6.42 Å². The lowest BCUT2D eigenvalue weighted by Gasteiger charge is -2.27. The fraction of sp³-hybridized carbons (Fsp3) is 0.500. The first kappa shape index (κ1) is 15.4. The number of carbonyl (C=O) groups is 1. The third-order valence-corrected chi connectivity index (χ3v) is 3.64. The van der Waals surface area contributed by atoms with Crippen molar-refractivity contribution in [1.82, 2.24) is 0 Å². The van der Waals surface area contributed by atoms with Gasteiger partial charge in [0.05, 0.1) is 6.07 Å². The Morgan fingerprint density at radius 3 is 2.26 bits per heavy atom. The standard InChI is InChI=1S/C16H20FNO/c1-11(16(2,3)4)9-15(19)14(10-18)12-5-7-13(17)8-6-12/h5-8,11,14H,9H2,1-4H3. The van der Waals surface area contributed by atoms with E-state index in [9.17, 15) is 14.4 Å². The van der Waals surface area contributed by atoms with E-state index in [2.05, 4.69) is 20.8 Å². The van der Waals surface area contributed by atoms with E-state index in [0.29, 0.717) is 12.0 Å². The summed E-state index contributed by atoms with van der Waals surface area (Å²) >= 11 is 0. The molecule has 0 N–H and O–H groups in total. The van der Waals surface area contributed by atoms with Crippen LogP contribution in [-0.2, 0) is 4.79 Å². The van der Waals surface area contributed by atoms with Gasteiger partial charge >= 0.3 is 0 Å². The van der Waals surface area contributed by atoms with Crippen molar-refractivity contribution in [2.75, 3.05) is 0 Å². The molecule has 3 heteroatoms. The summed E-state index contributed by atoms with van der Waals surface area (Å²) < 4.78 is 12.9.